The van der Waals surface area contributed by atoms with Crippen molar-refractivity contribution in [1.29, 1.82) is 0 Å². The number of fused-ring (bicyclic) bond motifs is 1. The molecule has 2 heterocycles. The summed E-state index contributed by atoms with van der Waals surface area (Å²) in [6, 6.07) is 2.34. The smallest absolute Gasteiger partial charge is 0.407 e. The summed E-state index contributed by atoms with van der Waals surface area (Å²) < 4.78 is 0. The van der Waals surface area contributed by atoms with Crippen LogP contribution in [0.15, 0.2) is 6.07 Å². The molecule has 4 rings (SSSR count). The molecule has 1 aromatic heterocycles. The van der Waals surface area contributed by atoms with Crippen LogP contribution in [0.25, 0.3) is 0 Å². The van der Waals surface area contributed by atoms with Crippen LogP contribution in [0.2, 0.25) is 0 Å². The normalized spacial score (nSPS) is 30.4. The van der Waals surface area contributed by atoms with Gasteiger partial charge < -0.3 is 21.1 Å². The molecule has 4 N–H and O–H groups in total. The molecule has 1 aromatic rings. The Kier molecular flexibility index (Phi) is 3.09. The average molecular weight is 303 g/mol. The lowest BCUT2D eigenvalue weighted by molar-refractivity contribution is 0.150. The fourth-order valence-corrected chi connectivity index (χ4v) is 4.06. The Labute approximate surface area is 128 Å². The molecular formula is C15H21N5O2. The van der Waals surface area contributed by atoms with Crippen molar-refractivity contribution in [2.45, 2.75) is 37.6 Å². The SMILES string of the molecule is Nc1nc(N[C@@H]2[C@@H]3CN(C(=O)O)C[C@@H]32)cc(C2CCCC2)n1. The fourth-order valence-electron chi connectivity index (χ4n) is 4.06. The van der Waals surface area contributed by atoms with E-state index in [4.69, 9.17) is 10.8 Å². The first-order valence-electron chi connectivity index (χ1n) is 8.00. The molecule has 0 spiro atoms. The van der Waals surface area contributed by atoms with Gasteiger partial charge in [-0.1, -0.05) is 12.8 Å². The van der Waals surface area contributed by atoms with Crippen molar-refractivity contribution in [2.75, 3.05) is 24.1 Å². The maximum atomic E-state index is 10.9. The van der Waals surface area contributed by atoms with Gasteiger partial charge in [-0.3, -0.25) is 0 Å². The number of nitrogens with two attached hydrogens (primary N) is 1. The van der Waals surface area contributed by atoms with Crippen LogP contribution >= 0.6 is 0 Å². The van der Waals surface area contributed by atoms with Gasteiger partial charge in [0.1, 0.15) is 5.82 Å². The second-order valence-electron chi connectivity index (χ2n) is 6.70. The van der Waals surface area contributed by atoms with E-state index in [0.717, 1.165) is 11.5 Å². The van der Waals surface area contributed by atoms with Gasteiger partial charge in [0, 0.05) is 43.0 Å². The number of carboxylic acid groups (broad SMARTS) is 1. The quantitative estimate of drug-likeness (QED) is 0.785. The number of nitrogens with zero attached hydrogens (tertiary/aromatic N) is 3. The highest BCUT2D eigenvalue weighted by atomic mass is 16.4. The van der Waals surface area contributed by atoms with E-state index < -0.39 is 6.09 Å². The lowest BCUT2D eigenvalue weighted by Gasteiger charge is -2.17. The number of piperidine rings is 1. The minimum absolute atomic E-state index is 0.321. The molecule has 0 aromatic carbocycles. The van der Waals surface area contributed by atoms with Crippen LogP contribution in [-0.4, -0.2) is 45.2 Å². The van der Waals surface area contributed by atoms with Gasteiger partial charge in [-0.15, -0.1) is 0 Å². The second-order valence-corrected chi connectivity index (χ2v) is 6.70. The molecule has 2 aliphatic carbocycles. The van der Waals surface area contributed by atoms with E-state index in [-0.39, 0.29) is 0 Å². The third kappa shape index (κ3) is 2.34. The molecule has 118 valence electrons. The van der Waals surface area contributed by atoms with Crippen molar-refractivity contribution in [3.8, 4) is 0 Å². The van der Waals surface area contributed by atoms with Crippen LogP contribution in [0.5, 0.6) is 0 Å². The zero-order valence-corrected chi connectivity index (χ0v) is 12.4. The van der Waals surface area contributed by atoms with Crippen molar-refractivity contribution in [1.82, 2.24) is 14.9 Å². The number of rotatable bonds is 3. The van der Waals surface area contributed by atoms with E-state index in [1.807, 2.05) is 6.07 Å². The van der Waals surface area contributed by atoms with Gasteiger partial charge in [0.25, 0.3) is 0 Å². The number of hydrogen-bond donors (Lipinski definition) is 3. The van der Waals surface area contributed by atoms with Crippen LogP contribution in [0.3, 0.4) is 0 Å². The summed E-state index contributed by atoms with van der Waals surface area (Å²) in [6.45, 7) is 1.24. The van der Waals surface area contributed by atoms with E-state index in [9.17, 15) is 4.79 Å². The Hall–Kier alpha value is -2.05. The summed E-state index contributed by atoms with van der Waals surface area (Å²) in [4.78, 5) is 21.1. The molecule has 1 aliphatic heterocycles. The summed E-state index contributed by atoms with van der Waals surface area (Å²) in [5.41, 5.74) is 6.90. The number of nitrogen functional groups attached to an aromatic ring is 1. The summed E-state index contributed by atoms with van der Waals surface area (Å²) in [6.07, 6.45) is 4.06. The van der Waals surface area contributed by atoms with Crippen molar-refractivity contribution in [2.24, 2.45) is 11.8 Å². The zero-order valence-electron chi connectivity index (χ0n) is 12.4. The standard InChI is InChI=1S/C15H21N5O2/c16-14-17-11(8-3-1-2-4-8)5-12(19-14)18-13-9-6-20(15(21)22)7-10(9)13/h5,8-10,13H,1-4,6-7H2,(H,21,22)(H3,16,17,18,19)/t9-,10+,13-. The van der Waals surface area contributed by atoms with Crippen LogP contribution in [0, 0.1) is 11.8 Å². The van der Waals surface area contributed by atoms with Crippen LogP contribution in [0.1, 0.15) is 37.3 Å². The maximum absolute atomic E-state index is 10.9. The number of aromatic nitrogens is 2. The first kappa shape index (κ1) is 13.6. The largest absolute Gasteiger partial charge is 0.465 e. The second kappa shape index (κ2) is 5.00. The molecule has 1 saturated heterocycles. The Morgan fingerprint density at radius 3 is 2.59 bits per heavy atom. The van der Waals surface area contributed by atoms with Crippen LogP contribution < -0.4 is 11.1 Å². The molecular weight excluding hydrogens is 282 g/mol. The van der Waals surface area contributed by atoms with Gasteiger partial charge in [0.15, 0.2) is 0 Å². The van der Waals surface area contributed by atoms with E-state index in [0.29, 0.717) is 42.8 Å². The topological polar surface area (TPSA) is 104 Å². The van der Waals surface area contributed by atoms with Gasteiger partial charge in [-0.05, 0) is 12.8 Å². The molecule has 7 heteroatoms. The number of nitrogens with one attached hydrogen (secondary N) is 1. The lowest BCUT2D eigenvalue weighted by atomic mass is 10.0. The van der Waals surface area contributed by atoms with Gasteiger partial charge >= 0.3 is 6.09 Å². The van der Waals surface area contributed by atoms with E-state index in [1.165, 1.54) is 30.6 Å². The molecule has 0 bridgehead atoms. The molecule has 22 heavy (non-hydrogen) atoms. The molecule has 0 radical (unpaired) electrons. The van der Waals surface area contributed by atoms with E-state index >= 15 is 0 Å². The molecule has 3 aliphatic rings. The molecule has 3 fully saturated rings. The third-order valence-corrected chi connectivity index (χ3v) is 5.32. The number of carbonyl (C=O) groups is 1. The third-order valence-electron chi connectivity index (χ3n) is 5.32. The maximum Gasteiger partial charge on any atom is 0.407 e. The number of likely N-dealkylation sites (tertiary alicyclic amines) is 1. The Bertz CT molecular complexity index is 590. The van der Waals surface area contributed by atoms with Crippen molar-refractivity contribution in [3.05, 3.63) is 11.8 Å². The minimum atomic E-state index is -0.819. The number of hydrogen-bond acceptors (Lipinski definition) is 5. The highest BCUT2D eigenvalue weighted by Gasteiger charge is 2.57. The first-order valence-corrected chi connectivity index (χ1v) is 8.00. The number of anilines is 2. The Balaban J connectivity index is 1.43. The van der Waals surface area contributed by atoms with Crippen molar-refractivity contribution in [3.63, 3.8) is 0 Å². The summed E-state index contributed by atoms with van der Waals surface area (Å²) >= 11 is 0. The number of amides is 1. The molecule has 7 nitrogen and oxygen atoms in total. The van der Waals surface area contributed by atoms with Crippen LogP contribution in [0.4, 0.5) is 16.6 Å². The van der Waals surface area contributed by atoms with Gasteiger partial charge in [0.05, 0.1) is 5.69 Å². The Morgan fingerprint density at radius 2 is 1.95 bits per heavy atom. The molecule has 3 atom stereocenters. The average Bonchev–Trinajstić information content (AvgIpc) is 2.96. The van der Waals surface area contributed by atoms with Crippen LogP contribution in [-0.2, 0) is 0 Å². The van der Waals surface area contributed by atoms with Crippen molar-refractivity contribution < 1.29 is 9.90 Å². The van der Waals surface area contributed by atoms with Gasteiger partial charge in [-0.25, -0.2) is 9.78 Å². The summed E-state index contributed by atoms with van der Waals surface area (Å²) in [7, 11) is 0. The summed E-state index contributed by atoms with van der Waals surface area (Å²) in [5.74, 6) is 2.43. The van der Waals surface area contributed by atoms with E-state index in [2.05, 4.69) is 15.3 Å². The van der Waals surface area contributed by atoms with E-state index in [1.54, 1.807) is 0 Å². The molecule has 0 unspecified atom stereocenters. The van der Waals surface area contributed by atoms with Gasteiger partial charge in [0.2, 0.25) is 5.95 Å². The predicted octanol–water partition coefficient (Wildman–Crippen LogP) is 1.74. The minimum Gasteiger partial charge on any atom is -0.465 e. The zero-order chi connectivity index (χ0) is 15.3. The summed E-state index contributed by atoms with van der Waals surface area (Å²) in [5, 5.41) is 12.4. The predicted molar refractivity (Wildman–Crippen MR) is 81.6 cm³/mol. The lowest BCUT2D eigenvalue weighted by Crippen LogP contribution is -2.32. The molecule has 1 amide bonds. The van der Waals surface area contributed by atoms with Gasteiger partial charge in [-0.2, -0.15) is 4.98 Å². The first-order chi connectivity index (χ1) is 10.6. The highest BCUT2D eigenvalue weighted by molar-refractivity contribution is 5.66. The monoisotopic (exact) mass is 303 g/mol. The fraction of sp³-hybridized carbons (Fsp3) is 0.667. The highest BCUT2D eigenvalue weighted by Crippen LogP contribution is 2.47. The molecule has 2 saturated carbocycles. The van der Waals surface area contributed by atoms with Crippen molar-refractivity contribution >= 4 is 17.9 Å². The Morgan fingerprint density at radius 1 is 1.27 bits per heavy atom.